The molecule has 0 bridgehead atoms. The topological polar surface area (TPSA) is 124 Å². The minimum atomic E-state index is -4.14. The Bertz CT molecular complexity index is 1800. The van der Waals surface area contributed by atoms with Crippen molar-refractivity contribution in [2.24, 2.45) is 5.92 Å². The second-order valence-electron chi connectivity index (χ2n) is 10.5. The minimum Gasteiger partial charge on any atom is -0.481 e. The summed E-state index contributed by atoms with van der Waals surface area (Å²) in [4.78, 5) is 13.1. The molecule has 2 aliphatic rings. The number of ether oxygens (including phenoxy) is 4. The van der Waals surface area contributed by atoms with Crippen LogP contribution in [0.15, 0.2) is 98.8 Å². The summed E-state index contributed by atoms with van der Waals surface area (Å²) in [5.74, 6) is -0.0141. The third-order valence-corrected chi connectivity index (χ3v) is 10.4. The largest absolute Gasteiger partial charge is 0.481 e. The summed E-state index contributed by atoms with van der Waals surface area (Å²) in [7, 11) is -4.14. The molecule has 2 heterocycles. The quantitative estimate of drug-likeness (QED) is 0.177. The first-order valence-electron chi connectivity index (χ1n) is 13.9. The van der Waals surface area contributed by atoms with Crippen LogP contribution >= 0.6 is 31.9 Å². The van der Waals surface area contributed by atoms with Crippen LogP contribution in [0.25, 0.3) is 0 Å². The molecular formula is C32H28Br2N2O8S. The van der Waals surface area contributed by atoms with Gasteiger partial charge in [0.2, 0.25) is 23.6 Å². The fraction of sp³-hybridized carbons (Fsp3) is 0.219. The van der Waals surface area contributed by atoms with E-state index in [1.165, 1.54) is 16.4 Å². The van der Waals surface area contributed by atoms with Gasteiger partial charge in [-0.2, -0.15) is 4.31 Å². The van der Waals surface area contributed by atoms with Gasteiger partial charge in [-0.05, 0) is 77.4 Å². The first-order chi connectivity index (χ1) is 21.7. The van der Waals surface area contributed by atoms with Gasteiger partial charge in [-0.1, -0.05) is 56.1 Å². The molecule has 234 valence electrons. The van der Waals surface area contributed by atoms with Gasteiger partial charge in [-0.3, -0.25) is 4.79 Å². The number of halogens is 2. The van der Waals surface area contributed by atoms with Gasteiger partial charge in [-0.15, -0.1) is 0 Å². The molecular weight excluding hydrogens is 732 g/mol. The van der Waals surface area contributed by atoms with E-state index in [1.807, 2.05) is 36.4 Å². The van der Waals surface area contributed by atoms with Crippen molar-refractivity contribution in [2.75, 3.05) is 20.1 Å². The average molecular weight is 760 g/mol. The van der Waals surface area contributed by atoms with Gasteiger partial charge in [0, 0.05) is 34.6 Å². The van der Waals surface area contributed by atoms with E-state index in [4.69, 9.17) is 18.9 Å². The molecule has 10 nitrogen and oxygen atoms in total. The zero-order chi connectivity index (χ0) is 31.6. The number of benzene rings is 4. The molecule has 0 radical (unpaired) electrons. The first-order valence-corrected chi connectivity index (χ1v) is 16.9. The molecule has 6 rings (SSSR count). The maximum absolute atomic E-state index is 14.1. The van der Waals surface area contributed by atoms with Crippen LogP contribution in [0.1, 0.15) is 22.7 Å². The number of aliphatic carboxylic acids is 1. The highest BCUT2D eigenvalue weighted by Crippen LogP contribution is 2.35. The van der Waals surface area contributed by atoms with Crippen molar-refractivity contribution in [3.8, 4) is 23.0 Å². The Hall–Kier alpha value is -3.62. The number of nitrogens with zero attached hydrogens (tertiary/aromatic N) is 1. The fourth-order valence-electron chi connectivity index (χ4n) is 5.23. The summed E-state index contributed by atoms with van der Waals surface area (Å²) in [5.41, 5.74) is 2.16. The molecule has 0 saturated carbocycles. The van der Waals surface area contributed by atoms with Crippen LogP contribution in [0.4, 0.5) is 0 Å². The standard InChI is InChI=1S/C32H28Br2N2O8S/c33-23-5-3-22(4-6-23)31(35-15-20-1-11-27-29(13-20)43-18-41-27)26(32(37)38)17-36(45(39,40)25-9-7-24(34)8-10-25)16-21-2-12-28-30(14-21)44-19-42-28/h1-14,26,31,35H,15-19H2,(H,37,38). The van der Waals surface area contributed by atoms with E-state index in [0.717, 1.165) is 14.5 Å². The maximum atomic E-state index is 14.1. The van der Waals surface area contributed by atoms with Crippen LogP contribution in [-0.4, -0.2) is 43.9 Å². The molecule has 0 amide bonds. The monoisotopic (exact) mass is 758 g/mol. The number of carboxylic acids is 1. The number of nitrogens with one attached hydrogen (secondary N) is 1. The fourth-order valence-corrected chi connectivity index (χ4v) is 7.22. The second kappa shape index (κ2) is 13.4. The van der Waals surface area contributed by atoms with Gasteiger partial charge in [-0.25, -0.2) is 8.42 Å². The number of hydrogen-bond donors (Lipinski definition) is 2. The van der Waals surface area contributed by atoms with Crippen molar-refractivity contribution >= 4 is 47.9 Å². The lowest BCUT2D eigenvalue weighted by atomic mass is 9.92. The summed E-state index contributed by atoms with van der Waals surface area (Å²) < 4.78 is 52.9. The van der Waals surface area contributed by atoms with E-state index < -0.39 is 28.0 Å². The van der Waals surface area contributed by atoms with E-state index in [-0.39, 0.29) is 31.6 Å². The van der Waals surface area contributed by atoms with Gasteiger partial charge in [0.1, 0.15) is 0 Å². The van der Waals surface area contributed by atoms with E-state index in [0.29, 0.717) is 40.7 Å². The zero-order valence-corrected chi connectivity index (χ0v) is 27.7. The summed E-state index contributed by atoms with van der Waals surface area (Å²) in [6.07, 6.45) is 0. The van der Waals surface area contributed by atoms with Crippen LogP contribution < -0.4 is 24.3 Å². The Kier molecular flexibility index (Phi) is 9.33. The predicted octanol–water partition coefficient (Wildman–Crippen LogP) is 6.09. The van der Waals surface area contributed by atoms with Crippen molar-refractivity contribution < 1.29 is 37.3 Å². The molecule has 4 aromatic carbocycles. The molecule has 4 aromatic rings. The number of carboxylic acid groups (broad SMARTS) is 1. The molecule has 13 heteroatoms. The van der Waals surface area contributed by atoms with Crippen molar-refractivity contribution in [3.63, 3.8) is 0 Å². The van der Waals surface area contributed by atoms with Crippen LogP contribution in [0.2, 0.25) is 0 Å². The van der Waals surface area contributed by atoms with Crippen molar-refractivity contribution in [1.82, 2.24) is 9.62 Å². The number of sulfonamides is 1. The molecule has 2 N–H and O–H groups in total. The lowest BCUT2D eigenvalue weighted by molar-refractivity contribution is -0.143. The van der Waals surface area contributed by atoms with Crippen molar-refractivity contribution in [2.45, 2.75) is 24.0 Å². The zero-order valence-electron chi connectivity index (χ0n) is 23.7. The highest BCUT2D eigenvalue weighted by molar-refractivity contribution is 9.10. The molecule has 45 heavy (non-hydrogen) atoms. The van der Waals surface area contributed by atoms with E-state index >= 15 is 0 Å². The number of hydrogen-bond acceptors (Lipinski definition) is 8. The molecule has 2 atom stereocenters. The summed E-state index contributed by atoms with van der Waals surface area (Å²) in [5, 5.41) is 14.0. The summed E-state index contributed by atoms with van der Waals surface area (Å²) in [6.45, 7) is 0.0966. The molecule has 2 aliphatic heterocycles. The maximum Gasteiger partial charge on any atom is 0.309 e. The van der Waals surface area contributed by atoms with E-state index in [2.05, 4.69) is 37.2 Å². The average Bonchev–Trinajstić information content (AvgIpc) is 3.70. The van der Waals surface area contributed by atoms with Crippen LogP contribution in [0.3, 0.4) is 0 Å². The number of fused-ring (bicyclic) bond motifs is 2. The second-order valence-corrected chi connectivity index (χ2v) is 14.3. The van der Waals surface area contributed by atoms with Gasteiger partial charge in [0.15, 0.2) is 23.0 Å². The number of rotatable bonds is 12. The predicted molar refractivity (Wildman–Crippen MR) is 172 cm³/mol. The Morgan fingerprint density at radius 1 is 0.778 bits per heavy atom. The third-order valence-electron chi connectivity index (χ3n) is 7.56. The van der Waals surface area contributed by atoms with Crippen molar-refractivity contribution in [1.29, 1.82) is 0 Å². The van der Waals surface area contributed by atoms with Gasteiger partial charge in [0.05, 0.1) is 10.8 Å². The van der Waals surface area contributed by atoms with Crippen LogP contribution in [0, 0.1) is 5.92 Å². The summed E-state index contributed by atoms with van der Waals surface area (Å²) >= 11 is 6.80. The molecule has 0 spiro atoms. The Morgan fingerprint density at radius 2 is 1.31 bits per heavy atom. The van der Waals surface area contributed by atoms with Crippen molar-refractivity contribution in [3.05, 3.63) is 111 Å². The smallest absolute Gasteiger partial charge is 0.309 e. The lowest BCUT2D eigenvalue weighted by Crippen LogP contribution is -2.43. The molecule has 0 aliphatic carbocycles. The highest BCUT2D eigenvalue weighted by Gasteiger charge is 2.36. The SMILES string of the molecule is O=C(O)C(CN(Cc1ccc2c(c1)OCO2)S(=O)(=O)c1ccc(Br)cc1)C(NCc1ccc2c(c1)OCO2)c1ccc(Br)cc1. The van der Waals surface area contributed by atoms with E-state index in [9.17, 15) is 18.3 Å². The Morgan fingerprint density at radius 3 is 1.91 bits per heavy atom. The normalized spacial score (nSPS) is 14.8. The Balaban J connectivity index is 1.35. The molecule has 2 unspecified atom stereocenters. The first kappa shape index (κ1) is 31.4. The van der Waals surface area contributed by atoms with Gasteiger partial charge < -0.3 is 29.4 Å². The van der Waals surface area contributed by atoms with Crippen LogP contribution in [0.5, 0.6) is 23.0 Å². The van der Waals surface area contributed by atoms with Gasteiger partial charge in [0.25, 0.3) is 0 Å². The Labute approximate surface area is 277 Å². The van der Waals surface area contributed by atoms with Gasteiger partial charge >= 0.3 is 5.97 Å². The lowest BCUT2D eigenvalue weighted by Gasteiger charge is -2.31. The highest BCUT2D eigenvalue weighted by atomic mass is 79.9. The number of carbonyl (C=O) groups is 1. The third kappa shape index (κ3) is 7.12. The summed E-state index contributed by atoms with van der Waals surface area (Å²) in [6, 6.07) is 23.5. The molecule has 0 fully saturated rings. The molecule has 0 aromatic heterocycles. The van der Waals surface area contributed by atoms with E-state index in [1.54, 1.807) is 36.4 Å². The minimum absolute atomic E-state index is 0.0455. The molecule has 0 saturated heterocycles. The van der Waals surface area contributed by atoms with Crippen LogP contribution in [-0.2, 0) is 27.9 Å².